The summed E-state index contributed by atoms with van der Waals surface area (Å²) < 4.78 is 5.80. The number of nitrogens with zero attached hydrogens (tertiary/aromatic N) is 1. The summed E-state index contributed by atoms with van der Waals surface area (Å²) in [6, 6.07) is 10.6. The monoisotopic (exact) mass is 274 g/mol. The van der Waals surface area contributed by atoms with Crippen molar-refractivity contribution in [3.63, 3.8) is 0 Å². The molecule has 2 heterocycles. The Balaban J connectivity index is 1.38. The van der Waals surface area contributed by atoms with Crippen LogP contribution in [0, 0.1) is 6.92 Å². The molecule has 0 amide bonds. The highest BCUT2D eigenvalue weighted by atomic mass is 16.5. The summed E-state index contributed by atoms with van der Waals surface area (Å²) in [6.07, 6.45) is 5.38. The second-order valence-corrected chi connectivity index (χ2v) is 6.34. The van der Waals surface area contributed by atoms with Gasteiger partial charge in [-0.3, -0.25) is 0 Å². The first-order valence-electron chi connectivity index (χ1n) is 7.87. The summed E-state index contributed by atoms with van der Waals surface area (Å²) in [7, 11) is 2.29. The molecule has 0 saturated carbocycles. The fraction of sp³-hybridized carbons (Fsp3) is 0.647. The van der Waals surface area contributed by atoms with Crippen molar-refractivity contribution < 1.29 is 4.74 Å². The molecule has 1 aromatic carbocycles. The zero-order valence-electron chi connectivity index (χ0n) is 12.6. The van der Waals surface area contributed by atoms with Gasteiger partial charge in [-0.25, -0.2) is 0 Å². The van der Waals surface area contributed by atoms with Crippen LogP contribution in [0.25, 0.3) is 0 Å². The Morgan fingerprint density at radius 1 is 1.25 bits per heavy atom. The molecule has 2 atom stereocenters. The van der Waals surface area contributed by atoms with Crippen molar-refractivity contribution in [3.05, 3.63) is 29.8 Å². The van der Waals surface area contributed by atoms with Gasteiger partial charge in [-0.2, -0.15) is 0 Å². The molecule has 3 nitrogen and oxygen atoms in total. The van der Waals surface area contributed by atoms with Crippen LogP contribution in [0.2, 0.25) is 0 Å². The molecular formula is C17H26N2O. The van der Waals surface area contributed by atoms with Gasteiger partial charge in [0.2, 0.25) is 0 Å². The maximum absolute atomic E-state index is 5.80. The van der Waals surface area contributed by atoms with Gasteiger partial charge in [-0.1, -0.05) is 12.1 Å². The SMILES string of the molecule is Cc1cccc(OCCNC2CC3CCC(C2)N3C)c1. The predicted octanol–water partition coefficient (Wildman–Crippen LogP) is 2.59. The second-order valence-electron chi connectivity index (χ2n) is 6.34. The first-order valence-corrected chi connectivity index (χ1v) is 7.87. The van der Waals surface area contributed by atoms with Crippen LogP contribution in [0.15, 0.2) is 24.3 Å². The van der Waals surface area contributed by atoms with Crippen molar-refractivity contribution in [2.75, 3.05) is 20.2 Å². The van der Waals surface area contributed by atoms with E-state index in [0.717, 1.165) is 31.0 Å². The molecule has 0 aromatic heterocycles. The lowest BCUT2D eigenvalue weighted by atomic mass is 9.98. The molecule has 20 heavy (non-hydrogen) atoms. The summed E-state index contributed by atoms with van der Waals surface area (Å²) in [5, 5.41) is 3.68. The highest BCUT2D eigenvalue weighted by molar-refractivity contribution is 5.27. The number of hydrogen-bond donors (Lipinski definition) is 1. The van der Waals surface area contributed by atoms with Gasteiger partial charge in [0.25, 0.3) is 0 Å². The number of rotatable bonds is 5. The van der Waals surface area contributed by atoms with Crippen molar-refractivity contribution in [1.82, 2.24) is 10.2 Å². The van der Waals surface area contributed by atoms with Crippen LogP contribution < -0.4 is 10.1 Å². The van der Waals surface area contributed by atoms with Crippen molar-refractivity contribution in [1.29, 1.82) is 0 Å². The number of ether oxygens (including phenoxy) is 1. The van der Waals surface area contributed by atoms with Gasteiger partial charge in [0.1, 0.15) is 12.4 Å². The quantitative estimate of drug-likeness (QED) is 0.835. The zero-order valence-corrected chi connectivity index (χ0v) is 12.6. The lowest BCUT2D eigenvalue weighted by molar-refractivity contribution is 0.146. The average molecular weight is 274 g/mol. The van der Waals surface area contributed by atoms with Gasteiger partial charge in [-0.05, 0) is 57.4 Å². The third kappa shape index (κ3) is 3.15. The lowest BCUT2D eigenvalue weighted by Gasteiger charge is -2.36. The lowest BCUT2D eigenvalue weighted by Crippen LogP contribution is -2.47. The van der Waals surface area contributed by atoms with Crippen LogP contribution in [0.3, 0.4) is 0 Å². The molecule has 2 saturated heterocycles. The van der Waals surface area contributed by atoms with Crippen molar-refractivity contribution in [3.8, 4) is 5.75 Å². The second kappa shape index (κ2) is 6.15. The summed E-state index contributed by atoms with van der Waals surface area (Å²) in [5.41, 5.74) is 1.25. The average Bonchev–Trinajstić information content (AvgIpc) is 2.65. The van der Waals surface area contributed by atoms with E-state index in [1.165, 1.54) is 31.2 Å². The van der Waals surface area contributed by atoms with Crippen LogP contribution in [0.1, 0.15) is 31.2 Å². The van der Waals surface area contributed by atoms with Gasteiger partial charge in [0, 0.05) is 24.7 Å². The Morgan fingerprint density at radius 3 is 2.70 bits per heavy atom. The van der Waals surface area contributed by atoms with E-state index in [0.29, 0.717) is 6.04 Å². The van der Waals surface area contributed by atoms with E-state index >= 15 is 0 Å². The van der Waals surface area contributed by atoms with Crippen molar-refractivity contribution >= 4 is 0 Å². The minimum Gasteiger partial charge on any atom is -0.492 e. The Morgan fingerprint density at radius 2 is 2.00 bits per heavy atom. The third-order valence-electron chi connectivity index (χ3n) is 4.89. The van der Waals surface area contributed by atoms with Gasteiger partial charge in [0.15, 0.2) is 0 Å². The topological polar surface area (TPSA) is 24.5 Å². The highest BCUT2D eigenvalue weighted by Gasteiger charge is 2.37. The maximum atomic E-state index is 5.80. The van der Waals surface area contributed by atoms with Crippen LogP contribution in [-0.4, -0.2) is 43.2 Å². The van der Waals surface area contributed by atoms with Gasteiger partial charge in [0.05, 0.1) is 0 Å². The molecule has 1 N–H and O–H groups in total. The Bertz CT molecular complexity index is 434. The van der Waals surface area contributed by atoms with E-state index in [4.69, 9.17) is 4.74 Å². The van der Waals surface area contributed by atoms with Crippen molar-refractivity contribution in [2.24, 2.45) is 0 Å². The van der Waals surface area contributed by atoms with E-state index in [2.05, 4.69) is 36.3 Å². The van der Waals surface area contributed by atoms with E-state index in [1.54, 1.807) is 0 Å². The van der Waals surface area contributed by atoms with E-state index in [9.17, 15) is 0 Å². The molecule has 1 aromatic rings. The molecule has 2 aliphatic heterocycles. The van der Waals surface area contributed by atoms with Crippen molar-refractivity contribution in [2.45, 2.75) is 50.7 Å². The molecule has 0 aliphatic carbocycles. The van der Waals surface area contributed by atoms with E-state index in [1.807, 2.05) is 12.1 Å². The minimum atomic E-state index is 0.685. The van der Waals surface area contributed by atoms with Crippen LogP contribution >= 0.6 is 0 Å². The Kier molecular flexibility index (Phi) is 4.27. The predicted molar refractivity (Wildman–Crippen MR) is 82.3 cm³/mol. The normalized spacial score (nSPS) is 29.6. The molecule has 2 fully saturated rings. The summed E-state index contributed by atoms with van der Waals surface area (Å²) in [4.78, 5) is 2.58. The summed E-state index contributed by atoms with van der Waals surface area (Å²) in [5.74, 6) is 0.982. The highest BCUT2D eigenvalue weighted by Crippen LogP contribution is 2.34. The number of piperidine rings is 1. The number of hydrogen-bond acceptors (Lipinski definition) is 3. The summed E-state index contributed by atoms with van der Waals surface area (Å²) in [6.45, 7) is 3.80. The smallest absolute Gasteiger partial charge is 0.119 e. The number of nitrogens with one attached hydrogen (secondary N) is 1. The van der Waals surface area contributed by atoms with Crippen LogP contribution in [0.5, 0.6) is 5.75 Å². The van der Waals surface area contributed by atoms with E-state index in [-0.39, 0.29) is 0 Å². The van der Waals surface area contributed by atoms with Crippen LogP contribution in [0.4, 0.5) is 0 Å². The Labute approximate surface area is 122 Å². The molecule has 2 unspecified atom stereocenters. The molecular weight excluding hydrogens is 248 g/mol. The number of aryl methyl sites for hydroxylation is 1. The molecule has 3 heteroatoms. The maximum Gasteiger partial charge on any atom is 0.119 e. The molecule has 0 spiro atoms. The van der Waals surface area contributed by atoms with Gasteiger partial charge < -0.3 is 15.0 Å². The van der Waals surface area contributed by atoms with Gasteiger partial charge >= 0.3 is 0 Å². The largest absolute Gasteiger partial charge is 0.492 e. The zero-order chi connectivity index (χ0) is 13.9. The fourth-order valence-corrected chi connectivity index (χ4v) is 3.72. The molecule has 0 radical (unpaired) electrons. The molecule has 110 valence electrons. The standard InChI is InChI=1S/C17H26N2O/c1-13-4-3-5-17(10-13)20-9-8-18-14-11-15-6-7-16(12-14)19(15)2/h3-5,10,14-16,18H,6-9,11-12H2,1-2H3. The summed E-state index contributed by atoms with van der Waals surface area (Å²) >= 11 is 0. The molecule has 2 bridgehead atoms. The first-order chi connectivity index (χ1) is 9.72. The number of fused-ring (bicyclic) bond motifs is 2. The third-order valence-corrected chi connectivity index (χ3v) is 4.89. The van der Waals surface area contributed by atoms with Gasteiger partial charge in [-0.15, -0.1) is 0 Å². The van der Waals surface area contributed by atoms with Crippen LogP contribution in [-0.2, 0) is 0 Å². The fourth-order valence-electron chi connectivity index (χ4n) is 3.72. The first kappa shape index (κ1) is 13.9. The number of benzene rings is 1. The molecule has 3 rings (SSSR count). The minimum absolute atomic E-state index is 0.685. The Hall–Kier alpha value is -1.06. The molecule has 2 aliphatic rings. The van der Waals surface area contributed by atoms with E-state index < -0.39 is 0 Å².